The lowest BCUT2D eigenvalue weighted by Gasteiger charge is -2.20. The molecule has 5 heteroatoms. The minimum atomic E-state index is -0.949. The maximum absolute atomic E-state index is 13.6. The van der Waals surface area contributed by atoms with E-state index in [0.29, 0.717) is 0 Å². The van der Waals surface area contributed by atoms with Crippen LogP contribution >= 0.6 is 0 Å². The van der Waals surface area contributed by atoms with E-state index in [1.54, 1.807) is 0 Å². The molecule has 1 aliphatic rings. The van der Waals surface area contributed by atoms with Gasteiger partial charge in [0.2, 0.25) is 5.91 Å². The zero-order chi connectivity index (χ0) is 12.6. The molecule has 1 atom stereocenters. The largest absolute Gasteiger partial charge is 0.377 e. The monoisotopic (exact) mass is 240 g/mol. The second-order valence-electron chi connectivity index (χ2n) is 4.53. The number of rotatable bonds is 1. The number of hydrogen-bond acceptors (Lipinski definition) is 2. The van der Waals surface area contributed by atoms with Crippen LogP contribution in [-0.2, 0) is 4.79 Å². The van der Waals surface area contributed by atoms with E-state index < -0.39 is 11.6 Å². The summed E-state index contributed by atoms with van der Waals surface area (Å²) >= 11 is 0. The van der Waals surface area contributed by atoms with Gasteiger partial charge in [0, 0.05) is 12.5 Å². The molecule has 2 N–H and O–H groups in total. The minimum Gasteiger partial charge on any atom is -0.377 e. The summed E-state index contributed by atoms with van der Waals surface area (Å²) in [6.07, 6.45) is 0.243. The van der Waals surface area contributed by atoms with Crippen molar-refractivity contribution >= 4 is 17.3 Å². The Morgan fingerprint density at radius 3 is 2.71 bits per heavy atom. The average molecular weight is 240 g/mol. The van der Waals surface area contributed by atoms with Crippen LogP contribution in [0.3, 0.4) is 0 Å². The summed E-state index contributed by atoms with van der Waals surface area (Å²) in [6.45, 7) is 3.85. The summed E-state index contributed by atoms with van der Waals surface area (Å²) in [4.78, 5) is 11.6. The van der Waals surface area contributed by atoms with E-state index in [4.69, 9.17) is 0 Å². The summed E-state index contributed by atoms with van der Waals surface area (Å²) in [7, 11) is 0. The lowest BCUT2D eigenvalue weighted by molar-refractivity contribution is -0.116. The molecule has 1 aromatic carbocycles. The molecule has 0 aromatic heterocycles. The summed E-state index contributed by atoms with van der Waals surface area (Å²) in [6, 6.07) is 2.17. The molecule has 0 saturated heterocycles. The van der Waals surface area contributed by atoms with Crippen LogP contribution in [0.4, 0.5) is 20.2 Å². The van der Waals surface area contributed by atoms with Crippen LogP contribution < -0.4 is 10.6 Å². The Morgan fingerprint density at radius 1 is 1.35 bits per heavy atom. The highest BCUT2D eigenvalue weighted by atomic mass is 19.2. The number of carbonyl (C=O) groups excluding carboxylic acids is 1. The molecule has 3 nitrogen and oxygen atoms in total. The number of fused-ring (bicyclic) bond motifs is 1. The highest BCUT2D eigenvalue weighted by molar-refractivity contribution is 5.96. The predicted molar refractivity (Wildman–Crippen MR) is 61.9 cm³/mol. The summed E-state index contributed by atoms with van der Waals surface area (Å²) < 4.78 is 26.8. The smallest absolute Gasteiger partial charge is 0.226 e. The lowest BCUT2D eigenvalue weighted by Crippen LogP contribution is -2.28. The first-order chi connectivity index (χ1) is 7.99. The minimum absolute atomic E-state index is 0.0366. The van der Waals surface area contributed by atoms with E-state index in [-0.39, 0.29) is 35.7 Å². The third kappa shape index (κ3) is 2.23. The van der Waals surface area contributed by atoms with Gasteiger partial charge in [-0.25, -0.2) is 8.78 Å². The Hall–Kier alpha value is -1.65. The van der Waals surface area contributed by atoms with Gasteiger partial charge >= 0.3 is 0 Å². The molecular weight excluding hydrogens is 226 g/mol. The molecule has 1 amide bonds. The second-order valence-corrected chi connectivity index (χ2v) is 4.53. The second kappa shape index (κ2) is 4.31. The summed E-state index contributed by atoms with van der Waals surface area (Å²) in [5, 5.41) is 5.47. The zero-order valence-corrected chi connectivity index (χ0v) is 9.68. The maximum atomic E-state index is 13.6. The molecule has 0 aliphatic carbocycles. The fourth-order valence-electron chi connectivity index (χ4n) is 1.84. The number of carbonyl (C=O) groups is 1. The fraction of sp³-hybridized carbons (Fsp3) is 0.417. The third-order valence-electron chi connectivity index (χ3n) is 2.91. The molecular formula is C12H14F2N2O. The van der Waals surface area contributed by atoms with Crippen molar-refractivity contribution < 1.29 is 13.6 Å². The molecule has 1 aromatic rings. The topological polar surface area (TPSA) is 41.1 Å². The van der Waals surface area contributed by atoms with Crippen LogP contribution in [0.2, 0.25) is 0 Å². The van der Waals surface area contributed by atoms with E-state index >= 15 is 0 Å². The third-order valence-corrected chi connectivity index (χ3v) is 2.91. The van der Waals surface area contributed by atoms with Gasteiger partial charge in [0.25, 0.3) is 0 Å². The van der Waals surface area contributed by atoms with Crippen molar-refractivity contribution in [1.82, 2.24) is 0 Å². The van der Waals surface area contributed by atoms with Gasteiger partial charge in [-0.1, -0.05) is 13.8 Å². The van der Waals surface area contributed by atoms with Crippen molar-refractivity contribution in [2.75, 3.05) is 10.6 Å². The van der Waals surface area contributed by atoms with Gasteiger partial charge in [0.1, 0.15) is 0 Å². The van der Waals surface area contributed by atoms with Gasteiger partial charge in [-0.05, 0) is 18.1 Å². The van der Waals surface area contributed by atoms with Crippen LogP contribution in [0, 0.1) is 17.6 Å². The molecule has 1 aliphatic heterocycles. The zero-order valence-electron chi connectivity index (χ0n) is 9.68. The molecule has 0 fully saturated rings. The first-order valence-corrected chi connectivity index (χ1v) is 5.53. The van der Waals surface area contributed by atoms with Crippen molar-refractivity contribution in [1.29, 1.82) is 0 Å². The Kier molecular flexibility index (Phi) is 3.00. The molecule has 0 spiro atoms. The SMILES string of the molecule is CC(C)C1CC(=O)Nc2ccc(F)c(F)c2N1. The van der Waals surface area contributed by atoms with Gasteiger partial charge < -0.3 is 10.6 Å². The number of anilines is 2. The van der Waals surface area contributed by atoms with Crippen LogP contribution in [0.5, 0.6) is 0 Å². The molecule has 17 heavy (non-hydrogen) atoms. The Labute approximate surface area is 98.2 Å². The van der Waals surface area contributed by atoms with Gasteiger partial charge in [-0.3, -0.25) is 4.79 Å². The first-order valence-electron chi connectivity index (χ1n) is 5.53. The quantitative estimate of drug-likeness (QED) is 0.792. The maximum Gasteiger partial charge on any atom is 0.226 e. The van der Waals surface area contributed by atoms with Crippen molar-refractivity contribution in [3.05, 3.63) is 23.8 Å². The van der Waals surface area contributed by atoms with Crippen LogP contribution in [0.1, 0.15) is 20.3 Å². The number of nitrogens with one attached hydrogen (secondary N) is 2. The van der Waals surface area contributed by atoms with Crippen LogP contribution in [-0.4, -0.2) is 11.9 Å². The summed E-state index contributed by atoms with van der Waals surface area (Å²) in [5.74, 6) is -1.92. The van der Waals surface area contributed by atoms with Crippen molar-refractivity contribution in [2.45, 2.75) is 26.3 Å². The van der Waals surface area contributed by atoms with Crippen LogP contribution in [0.15, 0.2) is 12.1 Å². The van der Waals surface area contributed by atoms with Gasteiger partial charge in [0.05, 0.1) is 11.4 Å². The average Bonchev–Trinajstić information content (AvgIpc) is 2.43. The first kappa shape index (κ1) is 11.8. The Morgan fingerprint density at radius 2 is 2.06 bits per heavy atom. The number of halogens is 2. The van der Waals surface area contributed by atoms with Crippen molar-refractivity contribution in [2.24, 2.45) is 5.92 Å². The number of amides is 1. The predicted octanol–water partition coefficient (Wildman–Crippen LogP) is 2.74. The van der Waals surface area contributed by atoms with E-state index in [1.165, 1.54) is 6.07 Å². The fourth-order valence-corrected chi connectivity index (χ4v) is 1.84. The Balaban J connectivity index is 2.45. The number of hydrogen-bond donors (Lipinski definition) is 2. The van der Waals surface area contributed by atoms with Crippen LogP contribution in [0.25, 0.3) is 0 Å². The Bertz CT molecular complexity index is 460. The normalized spacial score (nSPS) is 19.4. The van der Waals surface area contributed by atoms with E-state index in [1.807, 2.05) is 13.8 Å². The van der Waals surface area contributed by atoms with Gasteiger partial charge in [0.15, 0.2) is 11.6 Å². The van der Waals surface area contributed by atoms with Crippen molar-refractivity contribution in [3.63, 3.8) is 0 Å². The van der Waals surface area contributed by atoms with E-state index in [0.717, 1.165) is 6.07 Å². The van der Waals surface area contributed by atoms with Crippen molar-refractivity contribution in [3.8, 4) is 0 Å². The molecule has 2 rings (SSSR count). The molecule has 1 unspecified atom stereocenters. The highest BCUT2D eigenvalue weighted by Crippen LogP contribution is 2.31. The highest BCUT2D eigenvalue weighted by Gasteiger charge is 2.26. The van der Waals surface area contributed by atoms with Gasteiger partial charge in [-0.2, -0.15) is 0 Å². The molecule has 0 bridgehead atoms. The molecule has 92 valence electrons. The summed E-state index contributed by atoms with van der Waals surface area (Å²) in [5.41, 5.74) is 0.326. The standard InChI is InChI=1S/C12H14F2N2O/c1-6(2)9-5-10(17)15-8-4-3-7(13)11(14)12(8)16-9/h3-4,6,9,16H,5H2,1-2H3,(H,15,17). The van der Waals surface area contributed by atoms with Gasteiger partial charge in [-0.15, -0.1) is 0 Å². The molecule has 1 heterocycles. The molecule has 0 radical (unpaired) electrons. The van der Waals surface area contributed by atoms with E-state index in [9.17, 15) is 13.6 Å². The number of benzene rings is 1. The lowest BCUT2D eigenvalue weighted by atomic mass is 10.0. The molecule has 0 saturated carbocycles. The van der Waals surface area contributed by atoms with E-state index in [2.05, 4.69) is 10.6 Å².